The van der Waals surface area contributed by atoms with E-state index in [9.17, 15) is 5.11 Å². The predicted octanol–water partition coefficient (Wildman–Crippen LogP) is 2.08. The Hall–Kier alpha value is -1.57. The summed E-state index contributed by atoms with van der Waals surface area (Å²) in [5.41, 5.74) is 0.565. The van der Waals surface area contributed by atoms with Crippen LogP contribution < -0.4 is 10.1 Å². The smallest absolute Gasteiger partial charge is 0.120 e. The van der Waals surface area contributed by atoms with Crippen molar-refractivity contribution in [3.8, 4) is 11.8 Å². The number of aliphatic hydroxyl groups is 1. The number of nitriles is 1. The van der Waals surface area contributed by atoms with E-state index in [-0.39, 0.29) is 6.61 Å². The molecule has 3 unspecified atom stereocenters. The first-order chi connectivity index (χ1) is 9.72. The second-order valence-corrected chi connectivity index (χ2v) is 5.40. The summed E-state index contributed by atoms with van der Waals surface area (Å²) < 4.78 is 5.50. The number of benzene rings is 1. The van der Waals surface area contributed by atoms with E-state index in [4.69, 9.17) is 10.00 Å². The molecule has 0 radical (unpaired) electrons. The molecule has 4 heteroatoms. The molecule has 4 nitrogen and oxygen atoms in total. The van der Waals surface area contributed by atoms with Crippen LogP contribution in [0.1, 0.15) is 31.7 Å². The maximum Gasteiger partial charge on any atom is 0.120 e. The van der Waals surface area contributed by atoms with Gasteiger partial charge in [-0.3, -0.25) is 0 Å². The molecule has 2 rings (SSSR count). The lowest BCUT2D eigenvalue weighted by molar-refractivity contribution is 0.106. The number of hydrogen-bond acceptors (Lipinski definition) is 4. The fourth-order valence-electron chi connectivity index (χ4n) is 2.38. The Balaban J connectivity index is 1.65. The van der Waals surface area contributed by atoms with Crippen molar-refractivity contribution in [3.63, 3.8) is 0 Å². The minimum Gasteiger partial charge on any atom is -0.491 e. The van der Waals surface area contributed by atoms with Crippen LogP contribution in [0, 0.1) is 17.2 Å². The molecule has 1 fully saturated rings. The van der Waals surface area contributed by atoms with Crippen molar-refractivity contribution >= 4 is 0 Å². The molecule has 0 amide bonds. The summed E-state index contributed by atoms with van der Waals surface area (Å²) in [6, 6.07) is 9.61. The molecule has 0 bridgehead atoms. The van der Waals surface area contributed by atoms with Crippen LogP contribution in [0.4, 0.5) is 0 Å². The molecule has 108 valence electrons. The van der Waals surface area contributed by atoms with Gasteiger partial charge in [-0.2, -0.15) is 5.26 Å². The highest BCUT2D eigenvalue weighted by molar-refractivity contribution is 5.36. The van der Waals surface area contributed by atoms with Crippen molar-refractivity contribution in [2.75, 3.05) is 13.2 Å². The largest absolute Gasteiger partial charge is 0.491 e. The van der Waals surface area contributed by atoms with Gasteiger partial charge in [0.15, 0.2) is 0 Å². The minimum atomic E-state index is -0.524. The maximum absolute atomic E-state index is 9.88. The van der Waals surface area contributed by atoms with Gasteiger partial charge in [-0.15, -0.1) is 0 Å². The van der Waals surface area contributed by atoms with Crippen molar-refractivity contribution in [2.24, 2.45) is 5.92 Å². The Labute approximate surface area is 120 Å². The molecular formula is C16H22N2O2. The van der Waals surface area contributed by atoms with E-state index >= 15 is 0 Å². The molecular weight excluding hydrogens is 252 g/mol. The first-order valence-electron chi connectivity index (χ1n) is 7.27. The summed E-state index contributed by atoms with van der Waals surface area (Å²) in [7, 11) is 0. The van der Waals surface area contributed by atoms with Gasteiger partial charge in [0.05, 0.1) is 11.6 Å². The number of ether oxygens (including phenoxy) is 1. The third kappa shape index (κ3) is 4.52. The minimum absolute atomic E-state index is 0.243. The summed E-state index contributed by atoms with van der Waals surface area (Å²) in [4.78, 5) is 0. The van der Waals surface area contributed by atoms with Gasteiger partial charge in [0, 0.05) is 12.6 Å². The summed E-state index contributed by atoms with van der Waals surface area (Å²) in [5.74, 6) is 1.42. The van der Waals surface area contributed by atoms with Crippen molar-refractivity contribution in [3.05, 3.63) is 29.8 Å². The van der Waals surface area contributed by atoms with E-state index in [2.05, 4.69) is 18.3 Å². The Kier molecular flexibility index (Phi) is 5.40. The van der Waals surface area contributed by atoms with Crippen LogP contribution in [0.2, 0.25) is 0 Å². The highest BCUT2D eigenvalue weighted by atomic mass is 16.5. The van der Waals surface area contributed by atoms with Crippen LogP contribution in [0.25, 0.3) is 0 Å². The number of nitrogens with one attached hydrogen (secondary N) is 1. The summed E-state index contributed by atoms with van der Waals surface area (Å²) >= 11 is 0. The topological polar surface area (TPSA) is 65.3 Å². The lowest BCUT2D eigenvalue weighted by atomic mass is 10.2. The number of hydrogen-bond donors (Lipinski definition) is 2. The zero-order valence-electron chi connectivity index (χ0n) is 11.9. The van der Waals surface area contributed by atoms with Gasteiger partial charge in [-0.1, -0.05) is 19.4 Å². The zero-order valence-corrected chi connectivity index (χ0v) is 11.9. The molecule has 0 aliphatic heterocycles. The molecule has 0 saturated heterocycles. The highest BCUT2D eigenvalue weighted by Gasteiger charge is 2.35. The average Bonchev–Trinajstić information content (AvgIpc) is 3.22. The van der Waals surface area contributed by atoms with E-state index in [1.807, 2.05) is 0 Å². The number of aliphatic hydroxyl groups excluding tert-OH is 1. The molecule has 0 aromatic heterocycles. The number of nitrogens with zero attached hydrogens (tertiary/aromatic N) is 1. The van der Waals surface area contributed by atoms with E-state index in [0.29, 0.717) is 23.9 Å². The quantitative estimate of drug-likeness (QED) is 0.761. The molecule has 0 spiro atoms. The van der Waals surface area contributed by atoms with Crippen molar-refractivity contribution in [2.45, 2.75) is 38.3 Å². The van der Waals surface area contributed by atoms with Gasteiger partial charge in [0.2, 0.25) is 0 Å². The molecule has 1 aromatic rings. The van der Waals surface area contributed by atoms with Crippen molar-refractivity contribution in [1.82, 2.24) is 5.32 Å². The van der Waals surface area contributed by atoms with Gasteiger partial charge in [-0.05, 0) is 37.0 Å². The Morgan fingerprint density at radius 3 is 3.15 bits per heavy atom. The average molecular weight is 274 g/mol. The maximum atomic E-state index is 9.88. The monoisotopic (exact) mass is 274 g/mol. The third-order valence-corrected chi connectivity index (χ3v) is 3.60. The zero-order chi connectivity index (χ0) is 14.4. The molecule has 2 N–H and O–H groups in total. The van der Waals surface area contributed by atoms with Crippen LogP contribution >= 0.6 is 0 Å². The van der Waals surface area contributed by atoms with Gasteiger partial charge < -0.3 is 15.2 Å². The van der Waals surface area contributed by atoms with Crippen molar-refractivity contribution < 1.29 is 9.84 Å². The van der Waals surface area contributed by atoms with Gasteiger partial charge in [0.1, 0.15) is 18.5 Å². The lowest BCUT2D eigenvalue weighted by Gasteiger charge is -2.13. The van der Waals surface area contributed by atoms with E-state index in [1.54, 1.807) is 24.3 Å². The Bertz CT molecular complexity index is 470. The molecule has 1 aliphatic rings. The molecule has 1 aromatic carbocycles. The SMILES string of the molecule is CCCC1CC1NCC(O)COc1cccc(C#N)c1. The second-order valence-electron chi connectivity index (χ2n) is 5.40. The number of rotatable bonds is 8. The Morgan fingerprint density at radius 1 is 1.55 bits per heavy atom. The fourth-order valence-corrected chi connectivity index (χ4v) is 2.38. The lowest BCUT2D eigenvalue weighted by Crippen LogP contribution is -2.33. The molecule has 0 heterocycles. The van der Waals surface area contributed by atoms with Gasteiger partial charge in [0.25, 0.3) is 0 Å². The van der Waals surface area contributed by atoms with E-state index in [0.717, 1.165) is 5.92 Å². The summed E-state index contributed by atoms with van der Waals surface area (Å²) in [6.45, 7) is 3.00. The molecule has 20 heavy (non-hydrogen) atoms. The van der Waals surface area contributed by atoms with Crippen LogP contribution in [0.3, 0.4) is 0 Å². The summed E-state index contributed by atoms with van der Waals surface area (Å²) in [5, 5.41) is 22.0. The molecule has 3 atom stereocenters. The van der Waals surface area contributed by atoms with E-state index in [1.165, 1.54) is 19.3 Å². The summed E-state index contributed by atoms with van der Waals surface area (Å²) in [6.07, 6.45) is 3.20. The van der Waals surface area contributed by atoms with Crippen LogP contribution in [-0.4, -0.2) is 30.4 Å². The fraction of sp³-hybridized carbons (Fsp3) is 0.562. The van der Waals surface area contributed by atoms with E-state index < -0.39 is 6.10 Å². The standard InChI is InChI=1S/C16H22N2O2/c1-2-4-13-8-16(13)18-10-14(19)11-20-15-6-3-5-12(7-15)9-17/h3,5-7,13-14,16,18-19H,2,4,8,10-11H2,1H3. The first-order valence-corrected chi connectivity index (χ1v) is 7.27. The van der Waals surface area contributed by atoms with Crippen LogP contribution in [0.5, 0.6) is 5.75 Å². The predicted molar refractivity (Wildman–Crippen MR) is 77.5 cm³/mol. The van der Waals surface area contributed by atoms with Gasteiger partial charge in [-0.25, -0.2) is 0 Å². The normalized spacial score (nSPS) is 22.1. The van der Waals surface area contributed by atoms with Crippen LogP contribution in [-0.2, 0) is 0 Å². The first kappa shape index (κ1) is 14.8. The van der Waals surface area contributed by atoms with Crippen LogP contribution in [0.15, 0.2) is 24.3 Å². The second kappa shape index (κ2) is 7.28. The molecule has 1 saturated carbocycles. The molecule has 1 aliphatic carbocycles. The van der Waals surface area contributed by atoms with Gasteiger partial charge >= 0.3 is 0 Å². The third-order valence-electron chi connectivity index (χ3n) is 3.60. The van der Waals surface area contributed by atoms with Crippen molar-refractivity contribution in [1.29, 1.82) is 5.26 Å². The Morgan fingerprint density at radius 2 is 2.40 bits per heavy atom. The highest BCUT2D eigenvalue weighted by Crippen LogP contribution is 2.34.